The lowest BCUT2D eigenvalue weighted by Crippen LogP contribution is -2.18. The van der Waals surface area contributed by atoms with Crippen molar-refractivity contribution < 1.29 is 4.74 Å². The summed E-state index contributed by atoms with van der Waals surface area (Å²) in [7, 11) is 1.64. The van der Waals surface area contributed by atoms with Gasteiger partial charge in [-0.3, -0.25) is 0 Å². The van der Waals surface area contributed by atoms with E-state index in [1.807, 2.05) is 32.0 Å². The van der Waals surface area contributed by atoms with E-state index in [-0.39, 0.29) is 6.04 Å². The molecule has 2 aromatic rings. The normalized spacial score (nSPS) is 12.7. The van der Waals surface area contributed by atoms with Gasteiger partial charge in [0.2, 0.25) is 0 Å². The number of benzene rings is 1. The Morgan fingerprint density at radius 3 is 2.78 bits per heavy atom. The fourth-order valence-electron chi connectivity index (χ4n) is 2.13. The van der Waals surface area contributed by atoms with Crippen LogP contribution in [-0.4, -0.2) is 18.1 Å². The average molecular weight is 265 g/mol. The molecule has 0 spiro atoms. The van der Waals surface area contributed by atoms with Crippen molar-refractivity contribution in [2.24, 2.45) is 5.73 Å². The Kier molecular flexibility index (Phi) is 3.73. The van der Waals surface area contributed by atoms with Crippen molar-refractivity contribution >= 4 is 22.5 Å². The van der Waals surface area contributed by atoms with Gasteiger partial charge in [0.1, 0.15) is 11.3 Å². The van der Waals surface area contributed by atoms with Crippen LogP contribution < -0.4 is 10.5 Å². The number of halogens is 1. The zero-order chi connectivity index (χ0) is 13.3. The maximum absolute atomic E-state index is 6.23. The molecule has 96 valence electrons. The fraction of sp³-hybridized carbons (Fsp3) is 0.357. The first-order valence-corrected chi connectivity index (χ1v) is 6.29. The van der Waals surface area contributed by atoms with Gasteiger partial charge in [-0.25, -0.2) is 4.98 Å². The van der Waals surface area contributed by atoms with Crippen LogP contribution in [0.2, 0.25) is 5.02 Å². The molecule has 0 radical (unpaired) electrons. The molecule has 0 aliphatic rings. The summed E-state index contributed by atoms with van der Waals surface area (Å²) in [5.41, 5.74) is 8.69. The minimum absolute atomic E-state index is 0.0829. The highest BCUT2D eigenvalue weighted by atomic mass is 35.5. The molecule has 0 bridgehead atoms. The molecule has 0 saturated heterocycles. The summed E-state index contributed by atoms with van der Waals surface area (Å²) in [6.07, 6.45) is 0.743. The minimum atomic E-state index is 0.0829. The maximum atomic E-state index is 6.23. The molecule has 1 atom stereocenters. The van der Waals surface area contributed by atoms with Gasteiger partial charge in [0.25, 0.3) is 0 Å². The van der Waals surface area contributed by atoms with E-state index < -0.39 is 0 Å². The van der Waals surface area contributed by atoms with Gasteiger partial charge in [-0.05, 0) is 37.6 Å². The number of aryl methyl sites for hydroxylation is 1. The van der Waals surface area contributed by atoms with E-state index in [2.05, 4.69) is 4.98 Å². The number of fused-ring (bicyclic) bond motifs is 1. The van der Waals surface area contributed by atoms with Gasteiger partial charge in [0.15, 0.2) is 0 Å². The van der Waals surface area contributed by atoms with Gasteiger partial charge in [-0.1, -0.05) is 11.6 Å². The third kappa shape index (κ3) is 2.42. The molecule has 1 heterocycles. The van der Waals surface area contributed by atoms with Crippen molar-refractivity contribution in [1.82, 2.24) is 4.98 Å². The summed E-state index contributed by atoms with van der Waals surface area (Å²) < 4.78 is 5.35. The Morgan fingerprint density at radius 1 is 1.44 bits per heavy atom. The lowest BCUT2D eigenvalue weighted by molar-refractivity contribution is 0.418. The number of ether oxygens (including phenoxy) is 1. The topological polar surface area (TPSA) is 48.1 Å². The average Bonchev–Trinajstić information content (AvgIpc) is 2.28. The number of hydrogen-bond acceptors (Lipinski definition) is 3. The number of pyridine rings is 1. The van der Waals surface area contributed by atoms with E-state index >= 15 is 0 Å². The summed E-state index contributed by atoms with van der Waals surface area (Å²) in [5.74, 6) is 0.740. The molecule has 0 saturated carbocycles. The third-order valence-corrected chi connectivity index (χ3v) is 3.19. The number of hydrogen-bond donors (Lipinski definition) is 1. The van der Waals surface area contributed by atoms with Crippen molar-refractivity contribution in [1.29, 1.82) is 0 Å². The first kappa shape index (κ1) is 13.1. The van der Waals surface area contributed by atoms with Crippen LogP contribution in [0.3, 0.4) is 0 Å². The van der Waals surface area contributed by atoms with Crippen molar-refractivity contribution in [2.75, 3.05) is 7.11 Å². The molecule has 0 aliphatic carbocycles. The number of rotatable bonds is 3. The van der Waals surface area contributed by atoms with Gasteiger partial charge >= 0.3 is 0 Å². The van der Waals surface area contributed by atoms with Crippen LogP contribution in [0.1, 0.15) is 18.2 Å². The standard InChI is InChI=1S/C14H17ClN2O/c1-8-6-10(7-9(2)16)17-14-12(18-3)5-4-11(15)13(8)14/h4-6,9H,7,16H2,1-3H3. The second-order valence-electron chi connectivity index (χ2n) is 4.59. The summed E-state index contributed by atoms with van der Waals surface area (Å²) in [6, 6.07) is 5.80. The Bertz CT molecular complexity index is 582. The summed E-state index contributed by atoms with van der Waals surface area (Å²) in [4.78, 5) is 4.62. The summed E-state index contributed by atoms with van der Waals surface area (Å²) >= 11 is 6.23. The largest absolute Gasteiger partial charge is 0.494 e. The van der Waals surface area contributed by atoms with Crippen LogP contribution in [0.25, 0.3) is 10.9 Å². The van der Waals surface area contributed by atoms with E-state index in [4.69, 9.17) is 22.1 Å². The maximum Gasteiger partial charge on any atom is 0.145 e. The van der Waals surface area contributed by atoms with Crippen molar-refractivity contribution in [3.05, 3.63) is 34.5 Å². The van der Waals surface area contributed by atoms with Crippen LogP contribution in [0, 0.1) is 6.92 Å². The van der Waals surface area contributed by atoms with E-state index in [0.29, 0.717) is 5.02 Å². The second kappa shape index (κ2) is 5.12. The summed E-state index contributed by atoms with van der Waals surface area (Å²) in [6.45, 7) is 4.00. The molecule has 1 aromatic heterocycles. The van der Waals surface area contributed by atoms with Crippen LogP contribution in [0.5, 0.6) is 5.75 Å². The fourth-order valence-corrected chi connectivity index (χ4v) is 2.43. The van der Waals surface area contributed by atoms with E-state index in [9.17, 15) is 0 Å². The van der Waals surface area contributed by atoms with Gasteiger partial charge in [-0.2, -0.15) is 0 Å². The molecule has 0 amide bonds. The predicted molar refractivity (Wildman–Crippen MR) is 75.4 cm³/mol. The van der Waals surface area contributed by atoms with Gasteiger partial charge < -0.3 is 10.5 Å². The monoisotopic (exact) mass is 264 g/mol. The molecule has 2 N–H and O–H groups in total. The number of methoxy groups -OCH3 is 1. The van der Waals surface area contributed by atoms with Crippen LogP contribution >= 0.6 is 11.6 Å². The molecule has 0 aliphatic heterocycles. The predicted octanol–water partition coefficient (Wildman–Crippen LogP) is 3.09. The van der Waals surface area contributed by atoms with Crippen LogP contribution in [0.4, 0.5) is 0 Å². The molecule has 4 heteroatoms. The zero-order valence-corrected chi connectivity index (χ0v) is 11.6. The highest BCUT2D eigenvalue weighted by Crippen LogP contribution is 2.32. The van der Waals surface area contributed by atoms with E-state index in [1.165, 1.54) is 0 Å². The van der Waals surface area contributed by atoms with Crippen molar-refractivity contribution in [3.63, 3.8) is 0 Å². The SMILES string of the molecule is COc1ccc(Cl)c2c(C)cc(CC(C)N)nc12. The van der Waals surface area contributed by atoms with Gasteiger partial charge in [0, 0.05) is 23.5 Å². The van der Waals surface area contributed by atoms with Crippen molar-refractivity contribution in [2.45, 2.75) is 26.3 Å². The molecular formula is C14H17ClN2O. The first-order valence-electron chi connectivity index (χ1n) is 5.91. The van der Waals surface area contributed by atoms with Gasteiger partial charge in [0.05, 0.1) is 12.1 Å². The minimum Gasteiger partial charge on any atom is -0.494 e. The molecule has 1 unspecified atom stereocenters. The summed E-state index contributed by atoms with van der Waals surface area (Å²) in [5, 5.41) is 1.65. The first-order chi connectivity index (χ1) is 8.52. The molecule has 1 aromatic carbocycles. The number of nitrogens with zero attached hydrogens (tertiary/aromatic N) is 1. The molecule has 0 fully saturated rings. The van der Waals surface area contributed by atoms with Gasteiger partial charge in [-0.15, -0.1) is 0 Å². The smallest absolute Gasteiger partial charge is 0.145 e. The number of nitrogens with two attached hydrogens (primary N) is 1. The lowest BCUT2D eigenvalue weighted by atomic mass is 10.1. The Balaban J connectivity index is 2.69. The Hall–Kier alpha value is -1.32. The quantitative estimate of drug-likeness (QED) is 0.927. The zero-order valence-electron chi connectivity index (χ0n) is 10.8. The lowest BCUT2D eigenvalue weighted by Gasteiger charge is -2.12. The Morgan fingerprint density at radius 2 is 2.17 bits per heavy atom. The van der Waals surface area contributed by atoms with Crippen molar-refractivity contribution in [3.8, 4) is 5.75 Å². The molecule has 2 rings (SSSR count). The highest BCUT2D eigenvalue weighted by Gasteiger charge is 2.11. The van der Waals surface area contributed by atoms with E-state index in [0.717, 1.165) is 34.3 Å². The molecule has 3 nitrogen and oxygen atoms in total. The molecule has 18 heavy (non-hydrogen) atoms. The van der Waals surface area contributed by atoms with Crippen LogP contribution in [-0.2, 0) is 6.42 Å². The highest BCUT2D eigenvalue weighted by molar-refractivity contribution is 6.35. The Labute approximate surface area is 112 Å². The number of aromatic nitrogens is 1. The third-order valence-electron chi connectivity index (χ3n) is 2.87. The molecular weight excluding hydrogens is 248 g/mol. The van der Waals surface area contributed by atoms with Crippen LogP contribution in [0.15, 0.2) is 18.2 Å². The second-order valence-corrected chi connectivity index (χ2v) is 4.99. The van der Waals surface area contributed by atoms with E-state index in [1.54, 1.807) is 7.11 Å².